The van der Waals surface area contributed by atoms with Crippen LogP contribution >= 0.6 is 7.82 Å². The minimum Gasteiger partial charge on any atom is -0.378 e. The van der Waals surface area contributed by atoms with E-state index >= 15 is 0 Å². The first-order chi connectivity index (χ1) is 10.3. The van der Waals surface area contributed by atoms with Crippen molar-refractivity contribution in [3.63, 3.8) is 0 Å². The maximum absolute atomic E-state index is 10.9. The number of rotatable bonds is 10. The second kappa shape index (κ2) is 9.31. The van der Waals surface area contributed by atoms with Gasteiger partial charge in [-0.3, -0.25) is 4.52 Å². The molecule has 5 atom stereocenters. The van der Waals surface area contributed by atoms with Crippen LogP contribution in [0.25, 0.3) is 0 Å². The molecular formula is C11H25BNO8P. The fourth-order valence-corrected chi connectivity index (χ4v) is 2.99. The maximum atomic E-state index is 10.9. The molecule has 1 saturated heterocycles. The lowest BCUT2D eigenvalue weighted by Gasteiger charge is -2.26. The highest BCUT2D eigenvalue weighted by Crippen LogP contribution is 2.40. The van der Waals surface area contributed by atoms with Gasteiger partial charge in [0.05, 0.1) is 31.9 Å². The Bertz CT molecular complexity index is 370. The molecule has 11 heteroatoms. The summed E-state index contributed by atoms with van der Waals surface area (Å²) in [4.78, 5) is 17.8. The summed E-state index contributed by atoms with van der Waals surface area (Å²) < 4.78 is 37.6. The van der Waals surface area contributed by atoms with Gasteiger partial charge in [-0.2, -0.15) is 0 Å². The molecule has 1 heterocycles. The van der Waals surface area contributed by atoms with Crippen molar-refractivity contribution in [1.82, 2.24) is 0 Å². The van der Waals surface area contributed by atoms with Crippen molar-refractivity contribution in [2.45, 2.75) is 37.3 Å². The van der Waals surface area contributed by atoms with Crippen LogP contribution in [0.1, 0.15) is 6.92 Å². The van der Waals surface area contributed by atoms with Crippen LogP contribution in [0, 0.1) is 0 Å². The normalized spacial score (nSPS) is 30.6. The first-order valence-corrected chi connectivity index (χ1v) is 8.64. The van der Waals surface area contributed by atoms with E-state index in [2.05, 4.69) is 4.52 Å². The van der Waals surface area contributed by atoms with Gasteiger partial charge in [0.2, 0.25) is 0 Å². The van der Waals surface area contributed by atoms with Crippen LogP contribution in [0.4, 0.5) is 0 Å². The molecule has 0 saturated carbocycles. The number of phosphoric acid groups is 1. The lowest BCUT2D eigenvalue weighted by Crippen LogP contribution is -2.41. The number of hydrogen-bond donors (Lipinski definition) is 3. The molecule has 1 unspecified atom stereocenters. The van der Waals surface area contributed by atoms with Gasteiger partial charge in [-0.05, 0) is 6.92 Å². The molecule has 0 aromatic rings. The maximum Gasteiger partial charge on any atom is 0.469 e. The van der Waals surface area contributed by atoms with E-state index in [-0.39, 0.29) is 12.1 Å². The first-order valence-electron chi connectivity index (χ1n) is 7.11. The van der Waals surface area contributed by atoms with Crippen molar-refractivity contribution in [2.75, 3.05) is 33.5 Å². The van der Waals surface area contributed by atoms with Crippen LogP contribution in [-0.4, -0.2) is 81.5 Å². The van der Waals surface area contributed by atoms with Crippen molar-refractivity contribution >= 4 is 15.7 Å². The molecule has 0 amide bonds. The summed E-state index contributed by atoms with van der Waals surface area (Å²) >= 11 is 0. The Labute approximate surface area is 131 Å². The third-order valence-corrected chi connectivity index (χ3v) is 3.93. The monoisotopic (exact) mass is 341 g/mol. The van der Waals surface area contributed by atoms with Gasteiger partial charge < -0.3 is 34.5 Å². The Morgan fingerprint density at radius 1 is 1.32 bits per heavy atom. The molecule has 1 rings (SSSR count). The number of hydrogen-bond acceptors (Lipinski definition) is 7. The van der Waals surface area contributed by atoms with Gasteiger partial charge in [0.25, 0.3) is 0 Å². The highest BCUT2D eigenvalue weighted by atomic mass is 31.2. The highest BCUT2D eigenvalue weighted by Gasteiger charge is 2.47. The predicted molar refractivity (Wildman–Crippen MR) is 80.2 cm³/mol. The summed E-state index contributed by atoms with van der Waals surface area (Å²) in [6, 6.07) is -0.299. The standard InChI is InChI=1S/C11H25BNO8P/c1-7(21-22(14,15)16)8-9(17-2)10(11(12)20-8)19-6-5-18-4-3-13/h7-11H,3-6,12-13H2,1-2H3,(H2,14,15,16)/t7?,8-,9-,10-,11-/m1/s1. The molecule has 0 spiro atoms. The van der Waals surface area contributed by atoms with Crippen molar-refractivity contribution in [3.8, 4) is 0 Å². The third-order valence-electron chi connectivity index (χ3n) is 3.32. The van der Waals surface area contributed by atoms with Gasteiger partial charge in [0.15, 0.2) is 0 Å². The lowest BCUT2D eigenvalue weighted by molar-refractivity contribution is -0.0746. The van der Waals surface area contributed by atoms with Crippen molar-refractivity contribution in [1.29, 1.82) is 0 Å². The zero-order valence-corrected chi connectivity index (χ0v) is 14.0. The number of methoxy groups -OCH3 is 1. The number of nitrogens with two attached hydrogens (primary N) is 1. The van der Waals surface area contributed by atoms with Gasteiger partial charge in [0.1, 0.15) is 26.2 Å². The zero-order valence-electron chi connectivity index (χ0n) is 13.1. The summed E-state index contributed by atoms with van der Waals surface area (Å²) in [5, 5.41) is 0. The lowest BCUT2D eigenvalue weighted by atomic mass is 9.92. The first kappa shape index (κ1) is 20.0. The average Bonchev–Trinajstić information content (AvgIpc) is 2.73. The molecule has 22 heavy (non-hydrogen) atoms. The van der Waals surface area contributed by atoms with Gasteiger partial charge >= 0.3 is 7.82 Å². The Kier molecular flexibility index (Phi) is 8.48. The largest absolute Gasteiger partial charge is 0.469 e. The molecule has 0 aromatic carbocycles. The van der Waals surface area contributed by atoms with Crippen LogP contribution in [0.5, 0.6) is 0 Å². The van der Waals surface area contributed by atoms with Crippen molar-refractivity contribution in [3.05, 3.63) is 0 Å². The molecule has 0 aromatic heterocycles. The molecule has 1 aliphatic heterocycles. The quantitative estimate of drug-likeness (QED) is 0.240. The van der Waals surface area contributed by atoms with E-state index in [0.29, 0.717) is 26.4 Å². The second-order valence-electron chi connectivity index (χ2n) is 5.04. The van der Waals surface area contributed by atoms with E-state index in [1.54, 1.807) is 0 Å². The molecule has 0 radical (unpaired) electrons. The van der Waals surface area contributed by atoms with Crippen LogP contribution in [0.3, 0.4) is 0 Å². The van der Waals surface area contributed by atoms with E-state index < -0.39 is 26.1 Å². The van der Waals surface area contributed by atoms with Gasteiger partial charge in [0, 0.05) is 13.7 Å². The minimum atomic E-state index is -4.59. The van der Waals surface area contributed by atoms with Gasteiger partial charge in [-0.25, -0.2) is 4.57 Å². The molecule has 0 aliphatic carbocycles. The SMILES string of the molecule is B[C@@H]1O[C@H](C(C)OP(=O)(O)O)[C@@H](OC)[C@H]1OCCOCCN. The van der Waals surface area contributed by atoms with Gasteiger partial charge in [-0.1, -0.05) is 0 Å². The molecule has 130 valence electrons. The summed E-state index contributed by atoms with van der Waals surface area (Å²) in [5.41, 5.74) is 5.32. The number of ether oxygens (including phenoxy) is 4. The Balaban J connectivity index is 2.55. The van der Waals surface area contributed by atoms with Crippen LogP contribution in [0.15, 0.2) is 0 Å². The molecule has 0 bridgehead atoms. The van der Waals surface area contributed by atoms with Gasteiger partial charge in [-0.15, -0.1) is 0 Å². The van der Waals surface area contributed by atoms with Crippen molar-refractivity contribution < 1.29 is 37.8 Å². The second-order valence-corrected chi connectivity index (χ2v) is 6.24. The smallest absolute Gasteiger partial charge is 0.378 e. The fourth-order valence-electron chi connectivity index (χ4n) is 2.44. The van der Waals surface area contributed by atoms with Crippen molar-refractivity contribution in [2.24, 2.45) is 5.73 Å². The molecular weight excluding hydrogens is 316 g/mol. The van der Waals surface area contributed by atoms with Crippen LogP contribution in [0.2, 0.25) is 0 Å². The van der Waals surface area contributed by atoms with E-state index in [4.69, 9.17) is 34.5 Å². The topological polar surface area (TPSA) is 130 Å². The molecule has 1 fully saturated rings. The Morgan fingerprint density at radius 2 is 2.00 bits per heavy atom. The summed E-state index contributed by atoms with van der Waals surface area (Å²) in [6.45, 7) is 3.18. The predicted octanol–water partition coefficient (Wildman–Crippen LogP) is -1.78. The van der Waals surface area contributed by atoms with E-state index in [1.165, 1.54) is 14.0 Å². The molecule has 9 nitrogen and oxygen atoms in total. The molecule has 1 aliphatic rings. The minimum absolute atomic E-state index is 0.299. The summed E-state index contributed by atoms with van der Waals surface area (Å²) in [7, 11) is -1.30. The van der Waals surface area contributed by atoms with Crippen LogP contribution < -0.4 is 5.73 Å². The van der Waals surface area contributed by atoms with E-state index in [1.807, 2.05) is 7.85 Å². The average molecular weight is 341 g/mol. The fraction of sp³-hybridized carbons (Fsp3) is 1.00. The van der Waals surface area contributed by atoms with Crippen LogP contribution in [-0.2, 0) is 28.0 Å². The van der Waals surface area contributed by atoms with E-state index in [0.717, 1.165) is 0 Å². The Morgan fingerprint density at radius 3 is 2.55 bits per heavy atom. The third kappa shape index (κ3) is 6.23. The Hall–Kier alpha value is -0.0251. The zero-order chi connectivity index (χ0) is 16.8. The molecule has 4 N–H and O–H groups in total. The van der Waals surface area contributed by atoms with E-state index in [9.17, 15) is 4.57 Å². The highest BCUT2D eigenvalue weighted by molar-refractivity contribution is 7.46. The summed E-state index contributed by atoms with van der Waals surface area (Å²) in [6.07, 6.45) is -2.34. The summed E-state index contributed by atoms with van der Waals surface area (Å²) in [5.74, 6) is 0. The number of phosphoric ester groups is 1.